The maximum absolute atomic E-state index is 12.0. The SMILES string of the molecule is Cn1ccc(CN2CC3(CC(=O)N(CC4CC4)O3)C2)n1. The van der Waals surface area contributed by atoms with E-state index in [2.05, 4.69) is 10.00 Å². The minimum Gasteiger partial charge on any atom is -0.291 e. The molecule has 1 aromatic heterocycles. The lowest BCUT2D eigenvalue weighted by atomic mass is 9.91. The van der Waals surface area contributed by atoms with Crippen molar-refractivity contribution in [2.45, 2.75) is 31.4 Å². The Morgan fingerprint density at radius 3 is 2.90 bits per heavy atom. The highest BCUT2D eigenvalue weighted by Gasteiger charge is 2.53. The fraction of sp³-hybridized carbons (Fsp3) is 0.714. The van der Waals surface area contributed by atoms with Gasteiger partial charge in [0.05, 0.1) is 18.7 Å². The molecular formula is C14H20N4O2. The molecule has 3 heterocycles. The van der Waals surface area contributed by atoms with E-state index in [0.717, 1.165) is 31.9 Å². The van der Waals surface area contributed by atoms with Crippen LogP contribution in [0.3, 0.4) is 0 Å². The van der Waals surface area contributed by atoms with Gasteiger partial charge in [0.15, 0.2) is 0 Å². The highest BCUT2D eigenvalue weighted by atomic mass is 16.7. The van der Waals surface area contributed by atoms with Crippen molar-refractivity contribution in [1.82, 2.24) is 19.7 Å². The number of hydroxylamine groups is 2. The highest BCUT2D eigenvalue weighted by molar-refractivity contribution is 5.78. The molecule has 1 spiro atoms. The van der Waals surface area contributed by atoms with Crippen LogP contribution in [0, 0.1) is 5.92 Å². The molecule has 0 atom stereocenters. The quantitative estimate of drug-likeness (QED) is 0.806. The molecule has 6 heteroatoms. The van der Waals surface area contributed by atoms with E-state index in [9.17, 15) is 4.79 Å². The van der Waals surface area contributed by atoms with Gasteiger partial charge in [-0.3, -0.25) is 19.2 Å². The van der Waals surface area contributed by atoms with Gasteiger partial charge >= 0.3 is 0 Å². The number of hydrogen-bond acceptors (Lipinski definition) is 4. The fourth-order valence-corrected chi connectivity index (χ4v) is 3.18. The molecule has 0 bridgehead atoms. The Kier molecular flexibility index (Phi) is 2.65. The van der Waals surface area contributed by atoms with Gasteiger partial charge in [-0.1, -0.05) is 0 Å². The summed E-state index contributed by atoms with van der Waals surface area (Å²) in [6, 6.07) is 2.03. The van der Waals surface area contributed by atoms with Gasteiger partial charge in [0.25, 0.3) is 0 Å². The Morgan fingerprint density at radius 1 is 1.45 bits per heavy atom. The molecule has 0 aromatic carbocycles. The van der Waals surface area contributed by atoms with Crippen LogP contribution >= 0.6 is 0 Å². The maximum atomic E-state index is 12.0. The van der Waals surface area contributed by atoms with E-state index in [1.54, 1.807) is 5.06 Å². The van der Waals surface area contributed by atoms with Gasteiger partial charge in [0.1, 0.15) is 5.60 Å². The van der Waals surface area contributed by atoms with Crippen molar-refractivity contribution < 1.29 is 9.63 Å². The molecule has 108 valence electrons. The van der Waals surface area contributed by atoms with Gasteiger partial charge < -0.3 is 0 Å². The molecule has 0 unspecified atom stereocenters. The summed E-state index contributed by atoms with van der Waals surface area (Å²) in [6.07, 6.45) is 4.98. The van der Waals surface area contributed by atoms with Crippen molar-refractivity contribution in [2.24, 2.45) is 13.0 Å². The molecule has 1 amide bonds. The van der Waals surface area contributed by atoms with E-state index in [-0.39, 0.29) is 11.5 Å². The molecule has 0 radical (unpaired) electrons. The molecule has 2 saturated heterocycles. The summed E-state index contributed by atoms with van der Waals surface area (Å²) in [5.41, 5.74) is 0.822. The van der Waals surface area contributed by atoms with Gasteiger partial charge in [-0.15, -0.1) is 0 Å². The van der Waals surface area contributed by atoms with Crippen LogP contribution in [-0.4, -0.2) is 50.9 Å². The summed E-state index contributed by atoms with van der Waals surface area (Å²) in [5.74, 6) is 0.841. The first-order valence-electron chi connectivity index (χ1n) is 7.32. The minimum atomic E-state index is -0.249. The molecule has 4 rings (SSSR count). The van der Waals surface area contributed by atoms with Crippen LogP contribution in [0.2, 0.25) is 0 Å². The second kappa shape index (κ2) is 4.30. The Balaban J connectivity index is 1.32. The third-order valence-corrected chi connectivity index (χ3v) is 4.35. The van der Waals surface area contributed by atoms with Crippen molar-refractivity contribution >= 4 is 5.91 Å². The van der Waals surface area contributed by atoms with E-state index < -0.39 is 0 Å². The van der Waals surface area contributed by atoms with Crippen molar-refractivity contribution in [3.05, 3.63) is 18.0 Å². The number of aromatic nitrogens is 2. The van der Waals surface area contributed by atoms with Gasteiger partial charge in [-0.05, 0) is 24.8 Å². The average Bonchev–Trinajstić information content (AvgIpc) is 2.99. The van der Waals surface area contributed by atoms with Crippen LogP contribution < -0.4 is 0 Å². The first-order chi connectivity index (χ1) is 9.62. The predicted molar refractivity (Wildman–Crippen MR) is 71.4 cm³/mol. The summed E-state index contributed by atoms with van der Waals surface area (Å²) in [5, 5.41) is 6.00. The third-order valence-electron chi connectivity index (χ3n) is 4.35. The lowest BCUT2D eigenvalue weighted by Gasteiger charge is -2.45. The number of nitrogens with zero attached hydrogens (tertiary/aromatic N) is 4. The van der Waals surface area contributed by atoms with Crippen LogP contribution in [-0.2, 0) is 23.2 Å². The number of aryl methyl sites for hydroxylation is 1. The van der Waals surface area contributed by atoms with Crippen LogP contribution in [0.1, 0.15) is 25.0 Å². The Labute approximate surface area is 118 Å². The molecule has 0 N–H and O–H groups in total. The number of likely N-dealkylation sites (tertiary alicyclic amines) is 1. The van der Waals surface area contributed by atoms with Crippen molar-refractivity contribution in [1.29, 1.82) is 0 Å². The monoisotopic (exact) mass is 276 g/mol. The van der Waals surface area contributed by atoms with Crippen molar-refractivity contribution in [3.8, 4) is 0 Å². The zero-order valence-electron chi connectivity index (χ0n) is 11.8. The normalized spacial score (nSPS) is 25.4. The zero-order valence-corrected chi connectivity index (χ0v) is 11.8. The summed E-state index contributed by atoms with van der Waals surface area (Å²) >= 11 is 0. The molecule has 1 aromatic rings. The maximum Gasteiger partial charge on any atom is 0.249 e. The highest BCUT2D eigenvalue weighted by Crippen LogP contribution is 2.39. The molecule has 2 aliphatic heterocycles. The predicted octanol–water partition coefficient (Wildman–Crippen LogP) is 0.548. The topological polar surface area (TPSA) is 50.6 Å². The molecule has 20 heavy (non-hydrogen) atoms. The van der Waals surface area contributed by atoms with Crippen molar-refractivity contribution in [3.63, 3.8) is 0 Å². The van der Waals surface area contributed by atoms with E-state index in [1.807, 2.05) is 24.0 Å². The van der Waals surface area contributed by atoms with Crippen molar-refractivity contribution in [2.75, 3.05) is 19.6 Å². The lowest BCUT2D eigenvalue weighted by molar-refractivity contribution is -0.238. The molecule has 3 aliphatic rings. The first-order valence-corrected chi connectivity index (χ1v) is 7.32. The number of carbonyl (C=O) groups is 1. The third kappa shape index (κ3) is 2.23. The zero-order chi connectivity index (χ0) is 13.7. The molecule has 1 aliphatic carbocycles. The second-order valence-electron chi connectivity index (χ2n) is 6.48. The number of hydrogen-bond donors (Lipinski definition) is 0. The standard InChI is InChI=1S/C14H20N4O2/c1-16-5-4-12(15-16)8-17-9-14(10-17)6-13(19)18(20-14)7-11-2-3-11/h4-5,11H,2-3,6-10H2,1H3. The molecule has 3 fully saturated rings. The molecule has 6 nitrogen and oxygen atoms in total. The van der Waals surface area contributed by atoms with Gasteiger partial charge in [-0.2, -0.15) is 5.10 Å². The van der Waals surface area contributed by atoms with E-state index in [4.69, 9.17) is 4.84 Å². The summed E-state index contributed by atoms with van der Waals surface area (Å²) in [6.45, 7) is 3.29. The lowest BCUT2D eigenvalue weighted by Crippen LogP contribution is -2.61. The van der Waals surface area contributed by atoms with Gasteiger partial charge in [0, 0.05) is 32.9 Å². The number of carbonyl (C=O) groups excluding carboxylic acids is 1. The van der Waals surface area contributed by atoms with Crippen LogP contribution in [0.5, 0.6) is 0 Å². The van der Waals surface area contributed by atoms with Crippen LogP contribution in [0.4, 0.5) is 0 Å². The summed E-state index contributed by atoms with van der Waals surface area (Å²) in [4.78, 5) is 20.2. The Bertz CT molecular complexity index is 531. The smallest absolute Gasteiger partial charge is 0.249 e. The Hall–Kier alpha value is -1.40. The van der Waals surface area contributed by atoms with Crippen LogP contribution in [0.15, 0.2) is 12.3 Å². The van der Waals surface area contributed by atoms with E-state index in [0.29, 0.717) is 12.3 Å². The average molecular weight is 276 g/mol. The first kappa shape index (κ1) is 12.3. The number of rotatable bonds is 4. The molecule has 1 saturated carbocycles. The van der Waals surface area contributed by atoms with E-state index >= 15 is 0 Å². The largest absolute Gasteiger partial charge is 0.291 e. The van der Waals surface area contributed by atoms with Gasteiger partial charge in [-0.25, -0.2) is 5.06 Å². The van der Waals surface area contributed by atoms with Crippen LogP contribution in [0.25, 0.3) is 0 Å². The summed E-state index contributed by atoms with van der Waals surface area (Å²) < 4.78 is 1.82. The van der Waals surface area contributed by atoms with E-state index in [1.165, 1.54) is 12.8 Å². The van der Waals surface area contributed by atoms with Gasteiger partial charge in [0.2, 0.25) is 5.91 Å². The molecular weight excluding hydrogens is 256 g/mol. The minimum absolute atomic E-state index is 0.161. The fourth-order valence-electron chi connectivity index (χ4n) is 3.18. The summed E-state index contributed by atoms with van der Waals surface area (Å²) in [7, 11) is 1.93. The Morgan fingerprint density at radius 2 is 2.25 bits per heavy atom. The number of amides is 1. The second-order valence-corrected chi connectivity index (χ2v) is 6.48.